The Morgan fingerprint density at radius 2 is 1.96 bits per heavy atom. The second kappa shape index (κ2) is 8.67. The first-order chi connectivity index (χ1) is 13.0. The molecule has 3 aromatic rings. The van der Waals surface area contributed by atoms with Gasteiger partial charge in [-0.05, 0) is 52.8 Å². The van der Waals surface area contributed by atoms with Gasteiger partial charge in [-0.3, -0.25) is 4.79 Å². The molecule has 1 unspecified atom stereocenters. The highest BCUT2D eigenvalue weighted by Crippen LogP contribution is 2.27. The van der Waals surface area contributed by atoms with Gasteiger partial charge < -0.3 is 5.32 Å². The lowest BCUT2D eigenvalue weighted by atomic mass is 10.0. The Kier molecular flexibility index (Phi) is 6.28. The molecule has 1 aromatic carbocycles. The minimum atomic E-state index is -0.0249. The number of aryl methyl sites for hydroxylation is 2. The molecule has 0 aliphatic carbocycles. The number of benzene rings is 1. The highest BCUT2D eigenvalue weighted by atomic mass is 32.2. The Balaban J connectivity index is 1.69. The quantitative estimate of drug-likeness (QED) is 0.607. The van der Waals surface area contributed by atoms with Gasteiger partial charge in [0, 0.05) is 4.88 Å². The molecule has 0 aliphatic rings. The molecule has 1 N–H and O–H groups in total. The molecule has 2 heterocycles. The molecular weight excluding hydrogens is 378 g/mol. The third kappa shape index (κ3) is 4.56. The summed E-state index contributed by atoms with van der Waals surface area (Å²) in [5.74, 6) is 0.556. The topological polar surface area (TPSA) is 72.7 Å². The maximum absolute atomic E-state index is 12.5. The number of rotatable bonds is 7. The molecule has 8 heteroatoms. The van der Waals surface area contributed by atoms with Crippen LogP contribution in [0.25, 0.3) is 5.69 Å². The van der Waals surface area contributed by atoms with Crippen LogP contribution >= 0.6 is 23.1 Å². The monoisotopic (exact) mass is 401 g/mol. The molecule has 0 saturated heterocycles. The van der Waals surface area contributed by atoms with E-state index in [0.29, 0.717) is 11.1 Å². The van der Waals surface area contributed by atoms with Crippen LogP contribution in [-0.2, 0) is 4.79 Å². The van der Waals surface area contributed by atoms with Crippen molar-refractivity contribution >= 4 is 29.0 Å². The normalized spacial score (nSPS) is 12.3. The van der Waals surface area contributed by atoms with Gasteiger partial charge in [-0.15, -0.1) is 16.4 Å². The van der Waals surface area contributed by atoms with Gasteiger partial charge in [0.2, 0.25) is 11.1 Å². The van der Waals surface area contributed by atoms with Crippen molar-refractivity contribution in [1.29, 1.82) is 0 Å². The van der Waals surface area contributed by atoms with Gasteiger partial charge >= 0.3 is 0 Å². The Labute approximate surface area is 167 Å². The number of amides is 1. The minimum absolute atomic E-state index is 0.0210. The number of aromatic nitrogens is 4. The highest BCUT2D eigenvalue weighted by Gasteiger charge is 2.20. The van der Waals surface area contributed by atoms with Gasteiger partial charge in [-0.2, -0.15) is 4.68 Å². The number of nitrogens with zero attached hydrogens (tertiary/aromatic N) is 4. The molecular formula is C19H23N5OS2. The maximum Gasteiger partial charge on any atom is 0.230 e. The van der Waals surface area contributed by atoms with Crippen LogP contribution in [-0.4, -0.2) is 31.9 Å². The van der Waals surface area contributed by atoms with E-state index in [1.54, 1.807) is 16.0 Å². The van der Waals surface area contributed by atoms with Crippen molar-refractivity contribution in [1.82, 2.24) is 25.5 Å². The summed E-state index contributed by atoms with van der Waals surface area (Å²) in [7, 11) is 0. The minimum Gasteiger partial charge on any atom is -0.347 e. The summed E-state index contributed by atoms with van der Waals surface area (Å²) in [6.07, 6.45) is 0. The first-order valence-electron chi connectivity index (χ1n) is 8.78. The summed E-state index contributed by atoms with van der Waals surface area (Å²) < 4.78 is 1.71. The molecule has 3 rings (SSSR count). The third-order valence-corrected chi connectivity index (χ3v) is 6.13. The van der Waals surface area contributed by atoms with Crippen molar-refractivity contribution in [2.75, 3.05) is 5.75 Å². The number of nitrogens with one attached hydrogen (secondary N) is 1. The molecule has 0 bridgehead atoms. The Hall–Kier alpha value is -2.19. The van der Waals surface area contributed by atoms with Crippen molar-refractivity contribution in [3.05, 3.63) is 51.7 Å². The van der Waals surface area contributed by atoms with E-state index >= 15 is 0 Å². The van der Waals surface area contributed by atoms with E-state index in [4.69, 9.17) is 0 Å². The Morgan fingerprint density at radius 1 is 1.22 bits per heavy atom. The van der Waals surface area contributed by atoms with Gasteiger partial charge in [-0.25, -0.2) is 0 Å². The molecule has 1 amide bonds. The van der Waals surface area contributed by atoms with E-state index in [-0.39, 0.29) is 17.7 Å². The lowest BCUT2D eigenvalue weighted by Crippen LogP contribution is -2.32. The second-order valence-corrected chi connectivity index (χ2v) is 8.63. The fourth-order valence-electron chi connectivity index (χ4n) is 2.93. The lowest BCUT2D eigenvalue weighted by molar-refractivity contribution is -0.119. The lowest BCUT2D eigenvalue weighted by Gasteiger charge is -2.21. The highest BCUT2D eigenvalue weighted by molar-refractivity contribution is 7.99. The molecule has 142 valence electrons. The number of hydrogen-bond acceptors (Lipinski definition) is 6. The molecule has 2 aromatic heterocycles. The van der Waals surface area contributed by atoms with Gasteiger partial charge in [-0.1, -0.05) is 49.9 Å². The zero-order valence-corrected chi connectivity index (χ0v) is 17.5. The van der Waals surface area contributed by atoms with Gasteiger partial charge in [0.25, 0.3) is 0 Å². The SMILES string of the molecule is Cc1cccc(C)c1-n1nnnc1SCC(=O)NC(c1cccs1)C(C)C. The van der Waals surface area contributed by atoms with Crippen molar-refractivity contribution < 1.29 is 4.79 Å². The molecule has 1 atom stereocenters. The zero-order valence-electron chi connectivity index (χ0n) is 15.8. The predicted octanol–water partition coefficient (Wildman–Crippen LogP) is 3.95. The standard InChI is InChI=1S/C19H23N5OS2/c1-12(2)17(15-9-6-10-26-15)20-16(25)11-27-19-21-22-23-24(19)18-13(3)7-5-8-14(18)4/h5-10,12,17H,11H2,1-4H3,(H,20,25). The van der Waals surface area contributed by atoms with Crippen LogP contribution < -0.4 is 5.32 Å². The van der Waals surface area contributed by atoms with E-state index < -0.39 is 0 Å². The number of hydrogen-bond donors (Lipinski definition) is 1. The number of thioether (sulfide) groups is 1. The summed E-state index contributed by atoms with van der Waals surface area (Å²) in [6.45, 7) is 8.28. The van der Waals surface area contributed by atoms with Crippen molar-refractivity contribution in [2.45, 2.75) is 38.9 Å². The average molecular weight is 402 g/mol. The van der Waals surface area contributed by atoms with Crippen LogP contribution in [0, 0.1) is 19.8 Å². The molecule has 0 fully saturated rings. The van der Waals surface area contributed by atoms with E-state index in [1.165, 1.54) is 16.6 Å². The molecule has 0 saturated carbocycles. The summed E-state index contributed by atoms with van der Waals surface area (Å²) in [4.78, 5) is 13.7. The van der Waals surface area contributed by atoms with Crippen LogP contribution in [0.4, 0.5) is 0 Å². The van der Waals surface area contributed by atoms with E-state index in [0.717, 1.165) is 16.8 Å². The van der Waals surface area contributed by atoms with Crippen molar-refractivity contribution in [3.63, 3.8) is 0 Å². The summed E-state index contributed by atoms with van der Waals surface area (Å²) >= 11 is 3.01. The second-order valence-electron chi connectivity index (χ2n) is 6.71. The first-order valence-corrected chi connectivity index (χ1v) is 10.6. The van der Waals surface area contributed by atoms with Crippen LogP contribution in [0.5, 0.6) is 0 Å². The van der Waals surface area contributed by atoms with Crippen LogP contribution in [0.15, 0.2) is 40.9 Å². The third-order valence-electron chi connectivity index (χ3n) is 4.26. The largest absolute Gasteiger partial charge is 0.347 e. The molecule has 27 heavy (non-hydrogen) atoms. The molecule has 0 aliphatic heterocycles. The van der Waals surface area contributed by atoms with E-state index in [9.17, 15) is 4.79 Å². The summed E-state index contributed by atoms with van der Waals surface area (Å²) in [6, 6.07) is 10.2. The molecule has 0 spiro atoms. The maximum atomic E-state index is 12.5. The smallest absolute Gasteiger partial charge is 0.230 e. The number of para-hydroxylation sites is 1. The van der Waals surface area contributed by atoms with Gasteiger partial charge in [0.1, 0.15) is 0 Å². The zero-order chi connectivity index (χ0) is 19.4. The van der Waals surface area contributed by atoms with Crippen LogP contribution in [0.2, 0.25) is 0 Å². The number of tetrazole rings is 1. The summed E-state index contributed by atoms with van der Waals surface area (Å²) in [5.41, 5.74) is 3.14. The van der Waals surface area contributed by atoms with Crippen molar-refractivity contribution in [2.24, 2.45) is 5.92 Å². The number of carbonyl (C=O) groups is 1. The van der Waals surface area contributed by atoms with Gasteiger partial charge in [0.05, 0.1) is 17.5 Å². The van der Waals surface area contributed by atoms with Crippen LogP contribution in [0.3, 0.4) is 0 Å². The van der Waals surface area contributed by atoms with Gasteiger partial charge in [0.15, 0.2) is 0 Å². The number of carbonyl (C=O) groups excluding carboxylic acids is 1. The van der Waals surface area contributed by atoms with Crippen molar-refractivity contribution in [3.8, 4) is 5.69 Å². The first kappa shape index (κ1) is 19.6. The number of thiophene rings is 1. The fourth-order valence-corrected chi connectivity index (χ4v) is 4.57. The van der Waals surface area contributed by atoms with E-state index in [2.05, 4.69) is 40.8 Å². The molecule has 6 nitrogen and oxygen atoms in total. The summed E-state index contributed by atoms with van der Waals surface area (Å²) in [5, 5.41) is 17.8. The predicted molar refractivity (Wildman–Crippen MR) is 109 cm³/mol. The Morgan fingerprint density at radius 3 is 2.59 bits per heavy atom. The van der Waals surface area contributed by atoms with Crippen LogP contribution in [0.1, 0.15) is 35.9 Å². The Bertz CT molecular complexity index is 884. The van der Waals surface area contributed by atoms with E-state index in [1.807, 2.05) is 43.5 Å². The molecule has 0 radical (unpaired) electrons. The average Bonchev–Trinajstić information content (AvgIpc) is 3.29. The fraction of sp³-hybridized carbons (Fsp3) is 0.368.